The molecule has 1 saturated carbocycles. The molecule has 0 aromatic heterocycles. The fourth-order valence-electron chi connectivity index (χ4n) is 1.61. The van der Waals surface area contributed by atoms with Crippen LogP contribution in [0.5, 0.6) is 0 Å². The van der Waals surface area contributed by atoms with Gasteiger partial charge in [0.05, 0.1) is 0 Å². The van der Waals surface area contributed by atoms with Crippen LogP contribution in [0.25, 0.3) is 0 Å². The molecular weight excluding hydrogens is 244 g/mol. The van der Waals surface area contributed by atoms with Crippen LogP contribution < -0.4 is 0 Å². The molecule has 0 unspecified atom stereocenters. The Morgan fingerprint density at radius 2 is 1.79 bits per heavy atom. The van der Waals surface area contributed by atoms with Crippen LogP contribution in [-0.4, -0.2) is 16.4 Å². The van der Waals surface area contributed by atoms with Gasteiger partial charge in [0.15, 0.2) is 5.78 Å². The van der Waals surface area contributed by atoms with Crippen molar-refractivity contribution in [2.75, 3.05) is 0 Å². The van der Waals surface area contributed by atoms with Crippen LogP contribution in [0.15, 0.2) is 12.2 Å². The highest BCUT2D eigenvalue weighted by molar-refractivity contribution is 9.09. The minimum atomic E-state index is -0.383. The first-order valence-corrected chi connectivity index (χ1v) is 5.88. The Labute approximate surface area is 92.9 Å². The van der Waals surface area contributed by atoms with E-state index in [4.69, 9.17) is 0 Å². The van der Waals surface area contributed by atoms with Crippen LogP contribution >= 0.6 is 15.9 Å². The van der Waals surface area contributed by atoms with Crippen molar-refractivity contribution >= 4 is 27.5 Å². The molecule has 78 valence electrons. The van der Waals surface area contributed by atoms with Gasteiger partial charge in [-0.3, -0.25) is 9.59 Å². The molecule has 0 saturated heterocycles. The summed E-state index contributed by atoms with van der Waals surface area (Å²) in [6.07, 6.45) is 7.85. The standard InChI is InChI=1S/C11H15BrO2/c1-8(13)11(14)7-4-9-2-5-10(12)6-3-9/h4,7,9-10H,2-3,5-6H2,1H3/b7-4+. The third-order valence-electron chi connectivity index (χ3n) is 2.57. The molecule has 14 heavy (non-hydrogen) atoms. The number of halogens is 1. The van der Waals surface area contributed by atoms with Crippen molar-refractivity contribution < 1.29 is 9.59 Å². The SMILES string of the molecule is CC(=O)C(=O)/C=C/C1CCC(Br)CC1. The molecule has 0 bridgehead atoms. The molecule has 0 aromatic rings. The Morgan fingerprint density at radius 1 is 1.21 bits per heavy atom. The van der Waals surface area contributed by atoms with Crippen molar-refractivity contribution in [3.05, 3.63) is 12.2 Å². The predicted molar refractivity (Wildman–Crippen MR) is 59.5 cm³/mol. The van der Waals surface area contributed by atoms with E-state index in [1.54, 1.807) is 0 Å². The Balaban J connectivity index is 2.37. The molecule has 2 nitrogen and oxygen atoms in total. The quantitative estimate of drug-likeness (QED) is 0.443. The van der Waals surface area contributed by atoms with E-state index in [1.165, 1.54) is 13.0 Å². The van der Waals surface area contributed by atoms with E-state index < -0.39 is 0 Å². The highest BCUT2D eigenvalue weighted by atomic mass is 79.9. The molecule has 0 N–H and O–H groups in total. The zero-order valence-corrected chi connectivity index (χ0v) is 9.92. The highest BCUT2D eigenvalue weighted by Gasteiger charge is 2.17. The first kappa shape index (κ1) is 11.6. The molecule has 3 heteroatoms. The van der Waals surface area contributed by atoms with Crippen LogP contribution in [0.3, 0.4) is 0 Å². The minimum Gasteiger partial charge on any atom is -0.291 e. The van der Waals surface area contributed by atoms with Crippen molar-refractivity contribution in [2.24, 2.45) is 5.92 Å². The number of Topliss-reactive ketones (excluding diaryl/α,β-unsaturated/α-hetero) is 1. The maximum Gasteiger partial charge on any atom is 0.220 e. The van der Waals surface area contributed by atoms with Gasteiger partial charge in [-0.2, -0.15) is 0 Å². The lowest BCUT2D eigenvalue weighted by Crippen LogP contribution is -2.13. The molecule has 0 aromatic carbocycles. The third kappa shape index (κ3) is 3.74. The van der Waals surface area contributed by atoms with Gasteiger partial charge in [0.25, 0.3) is 0 Å². The van der Waals surface area contributed by atoms with Gasteiger partial charge in [-0.1, -0.05) is 22.0 Å². The molecule has 0 spiro atoms. The van der Waals surface area contributed by atoms with Crippen molar-refractivity contribution in [3.8, 4) is 0 Å². The van der Waals surface area contributed by atoms with Gasteiger partial charge < -0.3 is 0 Å². The molecule has 0 heterocycles. The summed E-state index contributed by atoms with van der Waals surface area (Å²) in [4.78, 5) is 22.3. The highest BCUT2D eigenvalue weighted by Crippen LogP contribution is 2.29. The fourth-order valence-corrected chi connectivity index (χ4v) is 2.14. The van der Waals surface area contributed by atoms with E-state index in [9.17, 15) is 9.59 Å². The number of rotatable bonds is 3. The third-order valence-corrected chi connectivity index (χ3v) is 3.48. The van der Waals surface area contributed by atoms with Crippen molar-refractivity contribution in [3.63, 3.8) is 0 Å². The monoisotopic (exact) mass is 258 g/mol. The van der Waals surface area contributed by atoms with E-state index in [2.05, 4.69) is 15.9 Å². The summed E-state index contributed by atoms with van der Waals surface area (Å²) in [6, 6.07) is 0. The van der Waals surface area contributed by atoms with Crippen LogP contribution in [-0.2, 0) is 9.59 Å². The lowest BCUT2D eigenvalue weighted by Gasteiger charge is -2.22. The molecule has 1 rings (SSSR count). The Morgan fingerprint density at radius 3 is 2.29 bits per heavy atom. The summed E-state index contributed by atoms with van der Waals surface area (Å²) in [5.74, 6) is -0.284. The van der Waals surface area contributed by atoms with Gasteiger partial charge in [-0.15, -0.1) is 0 Å². The van der Waals surface area contributed by atoms with Gasteiger partial charge in [0, 0.05) is 11.8 Å². The summed E-state index contributed by atoms with van der Waals surface area (Å²) in [5.41, 5.74) is 0. The zero-order valence-electron chi connectivity index (χ0n) is 8.33. The summed E-state index contributed by atoms with van der Waals surface area (Å²) in [7, 11) is 0. The van der Waals surface area contributed by atoms with Crippen LogP contribution in [0.2, 0.25) is 0 Å². The molecular formula is C11H15BrO2. The first-order valence-electron chi connectivity index (χ1n) is 4.96. The van der Waals surface area contributed by atoms with E-state index in [0.29, 0.717) is 10.7 Å². The van der Waals surface area contributed by atoms with Crippen molar-refractivity contribution in [1.82, 2.24) is 0 Å². The molecule has 0 atom stereocenters. The maximum atomic E-state index is 11.0. The van der Waals surface area contributed by atoms with Crippen molar-refractivity contribution in [1.29, 1.82) is 0 Å². The molecule has 0 amide bonds. The normalized spacial score (nSPS) is 27.9. The maximum absolute atomic E-state index is 11.0. The van der Waals surface area contributed by atoms with E-state index in [0.717, 1.165) is 25.7 Å². The van der Waals surface area contributed by atoms with Gasteiger partial charge in [-0.25, -0.2) is 0 Å². The average Bonchev–Trinajstić information content (AvgIpc) is 2.16. The summed E-state index contributed by atoms with van der Waals surface area (Å²) < 4.78 is 0. The van der Waals surface area contributed by atoms with E-state index in [-0.39, 0.29) is 11.6 Å². The zero-order chi connectivity index (χ0) is 10.6. The number of hydrogen-bond donors (Lipinski definition) is 0. The van der Waals surface area contributed by atoms with Gasteiger partial charge in [0.1, 0.15) is 0 Å². The predicted octanol–water partition coefficient (Wildman–Crippen LogP) is 2.65. The minimum absolute atomic E-state index is 0.379. The second-order valence-corrected chi connectivity index (χ2v) is 5.09. The molecule has 1 aliphatic carbocycles. The van der Waals surface area contributed by atoms with Gasteiger partial charge in [0.2, 0.25) is 5.78 Å². The van der Waals surface area contributed by atoms with Gasteiger partial charge >= 0.3 is 0 Å². The Hall–Kier alpha value is -0.440. The second kappa shape index (κ2) is 5.44. The topological polar surface area (TPSA) is 34.1 Å². The number of carbonyl (C=O) groups is 2. The molecule has 1 fully saturated rings. The molecule has 1 aliphatic rings. The molecule has 0 aliphatic heterocycles. The lowest BCUT2D eigenvalue weighted by molar-refractivity contribution is -0.132. The Kier molecular flexibility index (Phi) is 4.52. The number of carbonyl (C=O) groups excluding carboxylic acids is 2. The van der Waals surface area contributed by atoms with Gasteiger partial charge in [-0.05, 0) is 37.7 Å². The number of allylic oxidation sites excluding steroid dienone is 2. The second-order valence-electron chi connectivity index (χ2n) is 3.79. The van der Waals surface area contributed by atoms with Crippen LogP contribution in [0.1, 0.15) is 32.6 Å². The average molecular weight is 259 g/mol. The lowest BCUT2D eigenvalue weighted by atomic mass is 9.89. The van der Waals surface area contributed by atoms with Crippen LogP contribution in [0.4, 0.5) is 0 Å². The first-order chi connectivity index (χ1) is 6.59. The van der Waals surface area contributed by atoms with Crippen LogP contribution in [0, 0.1) is 5.92 Å². The number of hydrogen-bond acceptors (Lipinski definition) is 2. The largest absolute Gasteiger partial charge is 0.291 e. The number of ketones is 2. The summed E-state index contributed by atoms with van der Waals surface area (Å²) in [5, 5.41) is 0. The smallest absolute Gasteiger partial charge is 0.220 e. The summed E-state index contributed by atoms with van der Waals surface area (Å²) >= 11 is 3.57. The Bertz CT molecular complexity index is 250. The van der Waals surface area contributed by atoms with Crippen molar-refractivity contribution in [2.45, 2.75) is 37.4 Å². The molecule has 0 radical (unpaired) electrons. The van der Waals surface area contributed by atoms with E-state index >= 15 is 0 Å². The summed E-state index contributed by atoms with van der Waals surface area (Å²) in [6.45, 7) is 1.31. The fraction of sp³-hybridized carbons (Fsp3) is 0.636. The van der Waals surface area contributed by atoms with E-state index in [1.807, 2.05) is 6.08 Å². The number of alkyl halides is 1.